The second-order valence-electron chi connectivity index (χ2n) is 4.86. The Morgan fingerprint density at radius 3 is 2.64 bits per heavy atom. The molecule has 0 radical (unpaired) electrons. The summed E-state index contributed by atoms with van der Waals surface area (Å²) >= 11 is 0. The zero-order valence-electron chi connectivity index (χ0n) is 12.4. The van der Waals surface area contributed by atoms with Crippen molar-refractivity contribution < 1.29 is 4.79 Å². The van der Waals surface area contributed by atoms with E-state index in [9.17, 15) is 4.79 Å². The summed E-state index contributed by atoms with van der Waals surface area (Å²) < 4.78 is 0. The van der Waals surface area contributed by atoms with Crippen LogP contribution in [0.4, 0.5) is 22.9 Å². The molecule has 114 valence electrons. The fourth-order valence-electron chi connectivity index (χ4n) is 1.87. The Kier molecular flexibility index (Phi) is 5.08. The molecule has 0 unspecified atom stereocenters. The van der Waals surface area contributed by atoms with Crippen LogP contribution in [0.2, 0.25) is 0 Å². The maximum Gasteiger partial charge on any atom is 0.270 e. The van der Waals surface area contributed by atoms with Crippen LogP contribution in [0.15, 0.2) is 42.6 Å². The van der Waals surface area contributed by atoms with E-state index in [4.69, 9.17) is 11.1 Å². The Morgan fingerprint density at radius 1 is 1.23 bits per heavy atom. The molecule has 1 amide bonds. The number of carbonyl (C=O) groups excluding carboxylic acids is 1. The number of nitrogens with zero attached hydrogens (tertiary/aromatic N) is 1. The van der Waals surface area contributed by atoms with Gasteiger partial charge >= 0.3 is 0 Å². The van der Waals surface area contributed by atoms with Crippen molar-refractivity contribution in [2.24, 2.45) is 0 Å². The number of rotatable bonds is 6. The monoisotopic (exact) mass is 297 g/mol. The highest BCUT2D eigenvalue weighted by atomic mass is 16.1. The smallest absolute Gasteiger partial charge is 0.270 e. The Bertz CT molecular complexity index is 666. The van der Waals surface area contributed by atoms with Gasteiger partial charge in [-0.3, -0.25) is 10.2 Å². The molecule has 5 N–H and O–H groups in total. The van der Waals surface area contributed by atoms with Crippen molar-refractivity contribution in [3.05, 3.63) is 42.6 Å². The molecule has 6 heteroatoms. The van der Waals surface area contributed by atoms with Crippen LogP contribution in [0.5, 0.6) is 0 Å². The fourth-order valence-corrected chi connectivity index (χ4v) is 1.87. The standard InChI is InChI=1S/C16H19N5O/c1-2-3-14(18)16(22)21-15-10-13(8-9-19-15)20-12-6-4-11(17)5-7-12/h4-10,18H,2-3,17H2,1H3,(H2,19,20,21,22). The highest BCUT2D eigenvalue weighted by Crippen LogP contribution is 2.19. The highest BCUT2D eigenvalue weighted by molar-refractivity contribution is 6.41. The van der Waals surface area contributed by atoms with Gasteiger partial charge in [-0.1, -0.05) is 13.3 Å². The van der Waals surface area contributed by atoms with Crippen LogP contribution in [-0.2, 0) is 4.79 Å². The van der Waals surface area contributed by atoms with Crippen LogP contribution in [0.25, 0.3) is 0 Å². The molecule has 0 aliphatic heterocycles. The molecule has 1 aromatic carbocycles. The average Bonchev–Trinajstić information content (AvgIpc) is 2.50. The van der Waals surface area contributed by atoms with Crippen LogP contribution in [0, 0.1) is 5.41 Å². The van der Waals surface area contributed by atoms with Crippen molar-refractivity contribution >= 4 is 34.5 Å². The number of amides is 1. The lowest BCUT2D eigenvalue weighted by atomic mass is 10.2. The number of nitrogens with two attached hydrogens (primary N) is 1. The number of benzene rings is 1. The third-order valence-corrected chi connectivity index (χ3v) is 2.97. The number of nitrogen functional groups attached to an aromatic ring is 1. The lowest BCUT2D eigenvalue weighted by Crippen LogP contribution is -2.22. The van der Waals surface area contributed by atoms with Crippen LogP contribution in [-0.4, -0.2) is 16.6 Å². The summed E-state index contributed by atoms with van der Waals surface area (Å²) in [4.78, 5) is 15.9. The molecule has 0 bridgehead atoms. The molecule has 0 saturated carbocycles. The minimum absolute atomic E-state index is 0.0567. The molecule has 0 fully saturated rings. The summed E-state index contributed by atoms with van der Waals surface area (Å²) in [5, 5.41) is 13.5. The molecule has 6 nitrogen and oxygen atoms in total. The number of aromatic nitrogens is 1. The largest absolute Gasteiger partial charge is 0.399 e. The van der Waals surface area contributed by atoms with Crippen molar-refractivity contribution in [1.82, 2.24) is 4.98 Å². The molecule has 1 aromatic heterocycles. The van der Waals surface area contributed by atoms with Crippen LogP contribution in [0.1, 0.15) is 19.8 Å². The third kappa shape index (κ3) is 4.31. The normalized spacial score (nSPS) is 10.0. The maximum absolute atomic E-state index is 11.8. The van der Waals surface area contributed by atoms with Crippen molar-refractivity contribution in [2.45, 2.75) is 19.8 Å². The molecule has 0 aliphatic rings. The van der Waals surface area contributed by atoms with E-state index in [2.05, 4.69) is 15.6 Å². The third-order valence-electron chi connectivity index (χ3n) is 2.97. The summed E-state index contributed by atoms with van der Waals surface area (Å²) in [5.74, 6) is -0.00900. The zero-order valence-corrected chi connectivity index (χ0v) is 12.4. The van der Waals surface area contributed by atoms with Gasteiger partial charge in [0, 0.05) is 29.3 Å². The summed E-state index contributed by atoms with van der Waals surface area (Å²) in [7, 11) is 0. The summed E-state index contributed by atoms with van der Waals surface area (Å²) in [6, 6.07) is 10.9. The van der Waals surface area contributed by atoms with E-state index in [0.717, 1.165) is 17.8 Å². The van der Waals surface area contributed by atoms with Gasteiger partial charge in [0.2, 0.25) is 0 Å². The molecule has 0 atom stereocenters. The van der Waals surface area contributed by atoms with Gasteiger partial charge in [0.25, 0.3) is 5.91 Å². The molecule has 0 spiro atoms. The van der Waals surface area contributed by atoms with Gasteiger partial charge in [-0.15, -0.1) is 0 Å². The number of hydrogen-bond donors (Lipinski definition) is 4. The van der Waals surface area contributed by atoms with Gasteiger partial charge < -0.3 is 16.4 Å². The zero-order chi connectivity index (χ0) is 15.9. The quantitative estimate of drug-likeness (QED) is 0.485. The first-order chi connectivity index (χ1) is 10.6. The van der Waals surface area contributed by atoms with E-state index in [0.29, 0.717) is 17.9 Å². The number of anilines is 4. The lowest BCUT2D eigenvalue weighted by molar-refractivity contribution is -0.110. The van der Waals surface area contributed by atoms with Gasteiger partial charge in [-0.2, -0.15) is 0 Å². The Morgan fingerprint density at radius 2 is 1.95 bits per heavy atom. The molecule has 0 saturated heterocycles. The van der Waals surface area contributed by atoms with Crippen molar-refractivity contribution in [3.63, 3.8) is 0 Å². The summed E-state index contributed by atoms with van der Waals surface area (Å²) in [6.45, 7) is 1.93. The predicted molar refractivity (Wildman–Crippen MR) is 89.6 cm³/mol. The van der Waals surface area contributed by atoms with Crippen molar-refractivity contribution in [2.75, 3.05) is 16.4 Å². The van der Waals surface area contributed by atoms with E-state index in [1.807, 2.05) is 19.1 Å². The lowest BCUT2D eigenvalue weighted by Gasteiger charge is -2.09. The first kappa shape index (κ1) is 15.5. The molecule has 22 heavy (non-hydrogen) atoms. The predicted octanol–water partition coefficient (Wildman–Crippen LogP) is 3.17. The van der Waals surface area contributed by atoms with Crippen LogP contribution >= 0.6 is 0 Å². The molecular formula is C16H19N5O. The highest BCUT2D eigenvalue weighted by Gasteiger charge is 2.09. The molecule has 1 heterocycles. The number of pyridine rings is 1. The maximum atomic E-state index is 11.8. The Labute approximate surface area is 129 Å². The minimum atomic E-state index is -0.418. The van der Waals surface area contributed by atoms with Crippen molar-refractivity contribution in [3.8, 4) is 0 Å². The number of hydrogen-bond acceptors (Lipinski definition) is 5. The van der Waals surface area contributed by atoms with Crippen LogP contribution < -0.4 is 16.4 Å². The Hall–Kier alpha value is -2.89. The van der Waals surface area contributed by atoms with E-state index < -0.39 is 5.91 Å². The van der Waals surface area contributed by atoms with Crippen molar-refractivity contribution in [1.29, 1.82) is 5.41 Å². The second kappa shape index (κ2) is 7.21. The first-order valence-corrected chi connectivity index (χ1v) is 7.06. The van der Waals surface area contributed by atoms with E-state index in [-0.39, 0.29) is 5.71 Å². The molecule has 2 rings (SSSR count). The van der Waals surface area contributed by atoms with Gasteiger partial charge in [-0.25, -0.2) is 4.98 Å². The molecule has 2 aromatic rings. The number of carbonyl (C=O) groups is 1. The minimum Gasteiger partial charge on any atom is -0.399 e. The van der Waals surface area contributed by atoms with Crippen LogP contribution in [0.3, 0.4) is 0 Å². The summed E-state index contributed by atoms with van der Waals surface area (Å²) in [6.07, 6.45) is 2.81. The SMILES string of the molecule is CCCC(=N)C(=O)Nc1cc(Nc2ccc(N)cc2)ccn1. The van der Waals surface area contributed by atoms with Gasteiger partial charge in [-0.05, 0) is 36.8 Å². The van der Waals surface area contributed by atoms with Gasteiger partial charge in [0.1, 0.15) is 5.82 Å². The van der Waals surface area contributed by atoms with E-state index in [1.54, 1.807) is 30.5 Å². The number of nitrogens with one attached hydrogen (secondary N) is 3. The summed E-state index contributed by atoms with van der Waals surface area (Å²) in [5.41, 5.74) is 8.07. The van der Waals surface area contributed by atoms with E-state index in [1.165, 1.54) is 0 Å². The Balaban J connectivity index is 2.05. The van der Waals surface area contributed by atoms with Gasteiger partial charge in [0.15, 0.2) is 0 Å². The van der Waals surface area contributed by atoms with Gasteiger partial charge in [0.05, 0.1) is 5.71 Å². The fraction of sp³-hybridized carbons (Fsp3) is 0.188. The molecular weight excluding hydrogens is 278 g/mol. The average molecular weight is 297 g/mol. The first-order valence-electron chi connectivity index (χ1n) is 7.06. The second-order valence-corrected chi connectivity index (χ2v) is 4.86. The van der Waals surface area contributed by atoms with E-state index >= 15 is 0 Å². The molecule has 0 aliphatic carbocycles. The topological polar surface area (TPSA) is 104 Å².